The van der Waals surface area contributed by atoms with Crippen molar-refractivity contribution in [3.05, 3.63) is 24.0 Å². The van der Waals surface area contributed by atoms with Crippen molar-refractivity contribution >= 4 is 5.69 Å². The lowest BCUT2D eigenvalue weighted by Crippen LogP contribution is -2.48. The number of nitrogens with two attached hydrogens (primary N) is 1. The second kappa shape index (κ2) is 3.93. The molecule has 2 heterocycles. The monoisotopic (exact) mass is 250 g/mol. The Hall–Kier alpha value is -1.13. The molecule has 1 aliphatic rings. The zero-order chi connectivity index (χ0) is 13.6. The molecule has 1 saturated heterocycles. The molecule has 0 amide bonds. The van der Waals surface area contributed by atoms with Crippen LogP contribution in [0.5, 0.6) is 0 Å². The standard InChI is InChI=1S/C14H22N2O2/c1-12(2)9-14(17,13(3,4)18-12)7-10-8-16-6-5-11(10)15/h5-6,8,17H,7,9H2,1-4H3,(H2,15,16). The lowest BCUT2D eigenvalue weighted by atomic mass is 9.78. The molecule has 1 fully saturated rings. The van der Waals surface area contributed by atoms with Crippen molar-refractivity contribution < 1.29 is 9.84 Å². The first-order valence-electron chi connectivity index (χ1n) is 6.26. The van der Waals surface area contributed by atoms with Gasteiger partial charge in [-0.15, -0.1) is 0 Å². The minimum Gasteiger partial charge on any atom is -0.398 e. The maximum Gasteiger partial charge on any atom is 0.0999 e. The van der Waals surface area contributed by atoms with Crippen molar-refractivity contribution in [1.29, 1.82) is 0 Å². The third kappa shape index (κ3) is 2.22. The molecule has 3 N–H and O–H groups in total. The zero-order valence-corrected chi connectivity index (χ0v) is 11.5. The van der Waals surface area contributed by atoms with Gasteiger partial charge in [-0.1, -0.05) is 0 Å². The molecule has 1 aliphatic heterocycles. The number of aromatic nitrogens is 1. The molecule has 4 nitrogen and oxygen atoms in total. The third-order valence-corrected chi connectivity index (χ3v) is 3.79. The Morgan fingerprint density at radius 3 is 2.56 bits per heavy atom. The Kier molecular flexibility index (Phi) is 2.91. The molecule has 0 radical (unpaired) electrons. The summed E-state index contributed by atoms with van der Waals surface area (Å²) in [5.41, 5.74) is 5.61. The Balaban J connectivity index is 2.30. The summed E-state index contributed by atoms with van der Waals surface area (Å²) in [4.78, 5) is 4.07. The van der Waals surface area contributed by atoms with Crippen LogP contribution in [-0.4, -0.2) is 26.9 Å². The second-order valence-electron chi connectivity index (χ2n) is 6.33. The number of rotatable bonds is 2. The molecule has 1 atom stereocenters. The van der Waals surface area contributed by atoms with Crippen molar-refractivity contribution in [2.45, 2.75) is 57.3 Å². The average Bonchev–Trinajstić information content (AvgIpc) is 2.34. The lowest BCUT2D eigenvalue weighted by Gasteiger charge is -2.35. The van der Waals surface area contributed by atoms with Gasteiger partial charge in [0.15, 0.2) is 0 Å². The number of nitrogens with zero attached hydrogens (tertiary/aromatic N) is 1. The fraction of sp³-hybridized carbons (Fsp3) is 0.643. The van der Waals surface area contributed by atoms with Crippen molar-refractivity contribution in [2.24, 2.45) is 0 Å². The number of pyridine rings is 1. The van der Waals surface area contributed by atoms with Crippen LogP contribution in [0.15, 0.2) is 18.5 Å². The van der Waals surface area contributed by atoms with Crippen LogP contribution in [0.25, 0.3) is 0 Å². The number of hydrogen-bond donors (Lipinski definition) is 2. The number of nitrogen functional groups attached to an aromatic ring is 1. The summed E-state index contributed by atoms with van der Waals surface area (Å²) in [6.45, 7) is 7.85. The van der Waals surface area contributed by atoms with Gasteiger partial charge < -0.3 is 15.6 Å². The maximum absolute atomic E-state index is 10.9. The molecule has 0 saturated carbocycles. The van der Waals surface area contributed by atoms with Gasteiger partial charge in [-0.25, -0.2) is 0 Å². The van der Waals surface area contributed by atoms with Gasteiger partial charge in [0, 0.05) is 30.9 Å². The molecule has 1 aromatic heterocycles. The largest absolute Gasteiger partial charge is 0.398 e. The van der Waals surface area contributed by atoms with Crippen molar-refractivity contribution in [3.63, 3.8) is 0 Å². The number of hydrogen-bond acceptors (Lipinski definition) is 4. The van der Waals surface area contributed by atoms with Gasteiger partial charge >= 0.3 is 0 Å². The molecule has 4 heteroatoms. The molecule has 0 aromatic carbocycles. The van der Waals surface area contributed by atoms with Crippen LogP contribution in [-0.2, 0) is 11.2 Å². The Morgan fingerprint density at radius 1 is 1.39 bits per heavy atom. The molecule has 100 valence electrons. The van der Waals surface area contributed by atoms with Crippen LogP contribution in [0.3, 0.4) is 0 Å². The fourth-order valence-corrected chi connectivity index (χ4v) is 2.91. The first kappa shape index (κ1) is 13.3. The topological polar surface area (TPSA) is 68.4 Å². The van der Waals surface area contributed by atoms with Crippen molar-refractivity contribution in [2.75, 3.05) is 5.73 Å². The molecular weight excluding hydrogens is 228 g/mol. The third-order valence-electron chi connectivity index (χ3n) is 3.79. The molecule has 0 aliphatic carbocycles. The van der Waals surface area contributed by atoms with E-state index in [9.17, 15) is 5.11 Å². The van der Waals surface area contributed by atoms with Crippen LogP contribution < -0.4 is 5.73 Å². The van der Waals surface area contributed by atoms with E-state index < -0.39 is 11.2 Å². The number of anilines is 1. The van der Waals surface area contributed by atoms with Crippen molar-refractivity contribution in [1.82, 2.24) is 4.98 Å². The molecule has 0 bridgehead atoms. The van der Waals surface area contributed by atoms with Crippen molar-refractivity contribution in [3.8, 4) is 0 Å². The number of ether oxygens (including phenoxy) is 1. The summed E-state index contributed by atoms with van der Waals surface area (Å²) in [7, 11) is 0. The van der Waals surface area contributed by atoms with E-state index >= 15 is 0 Å². The van der Waals surface area contributed by atoms with E-state index in [-0.39, 0.29) is 5.60 Å². The van der Waals surface area contributed by atoms with Gasteiger partial charge in [-0.05, 0) is 39.3 Å². The summed E-state index contributed by atoms with van der Waals surface area (Å²) in [5, 5.41) is 10.9. The predicted molar refractivity (Wildman–Crippen MR) is 71.2 cm³/mol. The highest BCUT2D eigenvalue weighted by Crippen LogP contribution is 2.46. The normalized spacial score (nSPS) is 29.4. The zero-order valence-electron chi connectivity index (χ0n) is 11.5. The van der Waals surface area contributed by atoms with Crippen LogP contribution in [0.2, 0.25) is 0 Å². The van der Waals surface area contributed by atoms with Gasteiger partial charge in [-0.2, -0.15) is 0 Å². The van der Waals surface area contributed by atoms with Gasteiger partial charge in [0.25, 0.3) is 0 Å². The Morgan fingerprint density at radius 2 is 2.06 bits per heavy atom. The smallest absolute Gasteiger partial charge is 0.0999 e. The molecule has 1 aromatic rings. The average molecular weight is 250 g/mol. The van der Waals surface area contributed by atoms with Crippen LogP contribution in [0.1, 0.15) is 39.7 Å². The highest BCUT2D eigenvalue weighted by atomic mass is 16.5. The van der Waals surface area contributed by atoms with Crippen LogP contribution in [0, 0.1) is 0 Å². The van der Waals surface area contributed by atoms with Gasteiger partial charge in [0.1, 0.15) is 0 Å². The minimum atomic E-state index is -0.923. The first-order valence-corrected chi connectivity index (χ1v) is 6.26. The van der Waals surface area contributed by atoms with Gasteiger partial charge in [-0.3, -0.25) is 4.98 Å². The van der Waals surface area contributed by atoms with E-state index in [1.807, 2.05) is 27.7 Å². The van der Waals surface area contributed by atoms with E-state index in [2.05, 4.69) is 4.98 Å². The van der Waals surface area contributed by atoms with E-state index in [1.165, 1.54) is 0 Å². The summed E-state index contributed by atoms with van der Waals surface area (Å²) in [6.07, 6.45) is 4.42. The van der Waals surface area contributed by atoms with Crippen LogP contribution >= 0.6 is 0 Å². The highest BCUT2D eigenvalue weighted by Gasteiger charge is 2.56. The SMILES string of the molecule is CC1(C)CC(O)(Cc2cnccc2N)C(C)(C)O1. The lowest BCUT2D eigenvalue weighted by molar-refractivity contribution is -0.125. The predicted octanol–water partition coefficient (Wildman–Crippen LogP) is 1.91. The summed E-state index contributed by atoms with van der Waals surface area (Å²) in [6, 6.07) is 1.76. The van der Waals surface area contributed by atoms with E-state index in [0.717, 1.165) is 5.56 Å². The fourth-order valence-electron chi connectivity index (χ4n) is 2.91. The van der Waals surface area contributed by atoms with E-state index in [1.54, 1.807) is 18.5 Å². The van der Waals surface area contributed by atoms with E-state index in [0.29, 0.717) is 18.5 Å². The Bertz CT molecular complexity index is 457. The summed E-state index contributed by atoms with van der Waals surface area (Å²) >= 11 is 0. The summed E-state index contributed by atoms with van der Waals surface area (Å²) in [5.74, 6) is 0. The first-order chi connectivity index (χ1) is 8.15. The molecule has 18 heavy (non-hydrogen) atoms. The quantitative estimate of drug-likeness (QED) is 0.841. The minimum absolute atomic E-state index is 0.324. The van der Waals surface area contributed by atoms with Gasteiger partial charge in [0.05, 0.1) is 16.8 Å². The molecule has 1 unspecified atom stereocenters. The molecular formula is C14H22N2O2. The second-order valence-corrected chi connectivity index (χ2v) is 6.33. The maximum atomic E-state index is 10.9. The molecule has 0 spiro atoms. The Labute approximate surface area is 108 Å². The van der Waals surface area contributed by atoms with Crippen LogP contribution in [0.4, 0.5) is 5.69 Å². The van der Waals surface area contributed by atoms with Gasteiger partial charge in [0.2, 0.25) is 0 Å². The number of aliphatic hydroxyl groups is 1. The highest BCUT2D eigenvalue weighted by molar-refractivity contribution is 5.45. The van der Waals surface area contributed by atoms with E-state index in [4.69, 9.17) is 10.5 Å². The summed E-state index contributed by atoms with van der Waals surface area (Å²) < 4.78 is 5.95. The molecule has 2 rings (SSSR count).